The summed E-state index contributed by atoms with van der Waals surface area (Å²) in [5, 5.41) is 1.99. The van der Waals surface area contributed by atoms with Crippen LogP contribution < -0.4 is 34.0 Å². The largest absolute Gasteiger partial charge is 0.504 e. The van der Waals surface area contributed by atoms with E-state index in [1.165, 1.54) is 0 Å². The van der Waals surface area contributed by atoms with Crippen molar-refractivity contribution in [1.29, 1.82) is 0 Å². The van der Waals surface area contributed by atoms with Crippen LogP contribution in [0.4, 0.5) is 39.8 Å². The smallest absolute Gasteiger partial charge is 0.215 e. The van der Waals surface area contributed by atoms with Crippen LogP contribution in [0.5, 0.6) is 23.3 Å². The predicted octanol–water partition coefficient (Wildman–Crippen LogP) is 12.4. The molecule has 5 heterocycles. The Morgan fingerprint density at radius 1 is 0.545 bits per heavy atom. The maximum atomic E-state index is 6.84. The average Bonchev–Trinajstić information content (AvgIpc) is 3.91. The molecular formula is C54H50N8O2Pt2-6. The van der Waals surface area contributed by atoms with Crippen molar-refractivity contribution in [1.82, 2.24) is 14.5 Å². The Kier molecular flexibility index (Phi) is 12.6. The van der Waals surface area contributed by atoms with E-state index < -0.39 is 0 Å². The number of hydrogen-bond donors (Lipinski definition) is 0. The molecule has 0 radical (unpaired) electrons. The first-order chi connectivity index (χ1) is 30.6. The number of nitrogens with zero attached hydrogens (tertiary/aromatic N) is 8. The van der Waals surface area contributed by atoms with Gasteiger partial charge in [-0.15, -0.1) is 29.2 Å². The fraction of sp³-hybridized carbons (Fsp3) is 0.222. The van der Waals surface area contributed by atoms with Crippen molar-refractivity contribution in [2.24, 2.45) is 0 Å². The Bertz CT molecular complexity index is 2900. The summed E-state index contributed by atoms with van der Waals surface area (Å²) in [4.78, 5) is 19.9. The summed E-state index contributed by atoms with van der Waals surface area (Å²) in [5.74, 6) is 1.70. The second-order valence-corrected chi connectivity index (χ2v) is 18.7. The third kappa shape index (κ3) is 8.43. The van der Waals surface area contributed by atoms with Crippen molar-refractivity contribution in [2.45, 2.75) is 52.4 Å². The van der Waals surface area contributed by atoms with Gasteiger partial charge >= 0.3 is 0 Å². The molecule has 344 valence electrons. The van der Waals surface area contributed by atoms with Gasteiger partial charge in [0.2, 0.25) is 11.8 Å². The van der Waals surface area contributed by atoms with E-state index in [0.717, 1.165) is 67.1 Å². The first-order valence-electron chi connectivity index (χ1n) is 21.5. The molecule has 10 rings (SSSR count). The van der Waals surface area contributed by atoms with Crippen molar-refractivity contribution in [3.8, 4) is 28.9 Å². The number of pyridine rings is 2. The molecule has 0 bridgehead atoms. The molecular weight excluding hydrogens is 1180 g/mol. The average molecular weight is 1230 g/mol. The second kappa shape index (κ2) is 17.8. The summed E-state index contributed by atoms with van der Waals surface area (Å²) in [5.41, 5.74) is 10.8. The zero-order valence-corrected chi connectivity index (χ0v) is 43.1. The van der Waals surface area contributed by atoms with E-state index in [-0.39, 0.29) is 53.0 Å². The monoisotopic (exact) mass is 1230 g/mol. The summed E-state index contributed by atoms with van der Waals surface area (Å²) in [6.07, 6.45) is 3.58. The molecule has 5 aromatic carbocycles. The van der Waals surface area contributed by atoms with Crippen molar-refractivity contribution in [3.05, 3.63) is 158 Å². The maximum Gasteiger partial charge on any atom is 0.215 e. The molecule has 0 fully saturated rings. The van der Waals surface area contributed by atoms with Gasteiger partial charge in [-0.1, -0.05) is 88.3 Å². The summed E-state index contributed by atoms with van der Waals surface area (Å²) < 4.78 is 15.8. The first-order valence-corrected chi connectivity index (χ1v) is 21.5. The van der Waals surface area contributed by atoms with Gasteiger partial charge in [-0.25, -0.2) is 9.97 Å². The second-order valence-electron chi connectivity index (χ2n) is 18.7. The van der Waals surface area contributed by atoms with Crippen LogP contribution in [-0.2, 0) is 53.0 Å². The molecule has 2 aliphatic rings. The number of benzene rings is 5. The molecule has 0 saturated heterocycles. The van der Waals surface area contributed by atoms with Crippen LogP contribution >= 0.6 is 0 Å². The van der Waals surface area contributed by atoms with E-state index in [1.54, 1.807) is 12.4 Å². The van der Waals surface area contributed by atoms with Gasteiger partial charge in [0.05, 0.1) is 0 Å². The number of hydrogen-bond acceptors (Lipinski definition) is 9. The number of anilines is 7. The van der Waals surface area contributed by atoms with Crippen molar-refractivity contribution in [3.63, 3.8) is 0 Å². The van der Waals surface area contributed by atoms with Gasteiger partial charge in [0.15, 0.2) is 0 Å². The molecule has 12 heteroatoms. The minimum atomic E-state index is -0.128. The van der Waals surface area contributed by atoms with Gasteiger partial charge < -0.3 is 38.5 Å². The number of ether oxygens (including phenoxy) is 2. The predicted molar refractivity (Wildman–Crippen MR) is 259 cm³/mol. The molecule has 0 aliphatic carbocycles. The molecule has 0 unspecified atom stereocenters. The Balaban J connectivity index is 0.00000296. The zero-order valence-electron chi connectivity index (χ0n) is 38.6. The summed E-state index contributed by atoms with van der Waals surface area (Å²) in [7, 11) is 8.04. The normalized spacial score (nSPS) is 13.4. The van der Waals surface area contributed by atoms with Crippen LogP contribution in [0, 0.1) is 37.6 Å². The number of rotatable bonds is 8. The van der Waals surface area contributed by atoms with Crippen LogP contribution in [0.2, 0.25) is 0 Å². The summed E-state index contributed by atoms with van der Waals surface area (Å²) in [6, 6.07) is 48.4. The Morgan fingerprint density at radius 3 is 1.35 bits per heavy atom. The first kappa shape index (κ1) is 46.7. The topological polar surface area (TPSA) is 65.4 Å². The molecule has 0 N–H and O–H groups in total. The van der Waals surface area contributed by atoms with Crippen LogP contribution in [0.3, 0.4) is 0 Å². The maximum absolute atomic E-state index is 6.84. The van der Waals surface area contributed by atoms with E-state index in [1.807, 2.05) is 43.3 Å². The molecule has 10 nitrogen and oxygen atoms in total. The van der Waals surface area contributed by atoms with Crippen LogP contribution in [0.1, 0.15) is 52.7 Å². The van der Waals surface area contributed by atoms with E-state index in [9.17, 15) is 0 Å². The van der Waals surface area contributed by atoms with E-state index in [2.05, 4.69) is 200 Å². The van der Waals surface area contributed by atoms with E-state index in [4.69, 9.17) is 9.47 Å². The molecule has 66 heavy (non-hydrogen) atoms. The van der Waals surface area contributed by atoms with Crippen LogP contribution in [0.25, 0.3) is 27.5 Å². The minimum Gasteiger partial charge on any atom is -0.504 e. The van der Waals surface area contributed by atoms with Gasteiger partial charge in [0.1, 0.15) is 0 Å². The Labute approximate surface area is 417 Å². The quantitative estimate of drug-likeness (QED) is 0.138. The Morgan fingerprint density at radius 2 is 0.955 bits per heavy atom. The zero-order chi connectivity index (χ0) is 44.7. The standard InChI is InChI=1S/C54H50N8O2.2Pt/c1-53(2,3)35-23-25-55-50(27-35)63-48-31-39(32-49(52(48)57(7)8)64-51-28-36(24-26-56-51)54(4,5)6)62-46-29-37(60-33-58(9)42-15-11-13-17-44(42)60)19-21-40(46)41-22-20-38(30-47(41)62)61-34-59(10)43-16-12-14-18-45(43)61;;/h11-28,33-34H,1-10H3;;/q-6;;. The molecule has 0 spiro atoms. The molecule has 3 aromatic heterocycles. The SMILES string of the molecule is CN(C)c1c(Oc2cc(C(C)(C)C)ccn2)[c-]c(-n2c3[c-]c(N4[CH-]N(C)c5ccccc54)ccc3c3ccc(N4[CH-]N(C)c5ccccc54)[c-]c32)[c-]c1Oc1cc(C(C)(C)C)ccn1.[Pt].[Pt]. The molecule has 0 saturated carbocycles. The molecule has 0 atom stereocenters. The van der Waals surface area contributed by atoms with Gasteiger partial charge in [-0.05, 0) is 86.5 Å². The van der Waals surface area contributed by atoms with Crippen molar-refractivity contribution >= 4 is 61.6 Å². The molecule has 8 aromatic rings. The summed E-state index contributed by atoms with van der Waals surface area (Å²) in [6.45, 7) is 17.2. The molecule has 2 aliphatic heterocycles. The van der Waals surface area contributed by atoms with Crippen LogP contribution in [-0.4, -0.2) is 42.7 Å². The minimum absolute atomic E-state index is 0. The van der Waals surface area contributed by atoms with Gasteiger partial charge in [0.25, 0.3) is 0 Å². The fourth-order valence-electron chi connectivity index (χ4n) is 8.46. The summed E-state index contributed by atoms with van der Waals surface area (Å²) >= 11 is 0. The van der Waals surface area contributed by atoms with Crippen LogP contribution in [0.15, 0.2) is 109 Å². The Hall–Kier alpha value is -5.82. The van der Waals surface area contributed by atoms with Gasteiger partial charge in [-0.2, -0.15) is 54.1 Å². The number of aromatic nitrogens is 3. The van der Waals surface area contributed by atoms with Crippen molar-refractivity contribution < 1.29 is 51.6 Å². The van der Waals surface area contributed by atoms with Gasteiger partial charge in [0, 0.05) is 89.4 Å². The third-order valence-electron chi connectivity index (χ3n) is 11.9. The third-order valence-corrected chi connectivity index (χ3v) is 11.9. The number of para-hydroxylation sites is 4. The van der Waals surface area contributed by atoms with E-state index in [0.29, 0.717) is 34.6 Å². The molecule has 0 amide bonds. The fourth-order valence-corrected chi connectivity index (χ4v) is 8.46. The van der Waals surface area contributed by atoms with E-state index >= 15 is 0 Å². The van der Waals surface area contributed by atoms with Crippen molar-refractivity contribution in [2.75, 3.05) is 52.7 Å². The van der Waals surface area contributed by atoms with Gasteiger partial charge in [-0.3, -0.25) is 12.1 Å². The number of fused-ring (bicyclic) bond motifs is 5.